The van der Waals surface area contributed by atoms with Crippen LogP contribution in [0.15, 0.2) is 24.3 Å². The fourth-order valence-corrected chi connectivity index (χ4v) is 3.98. The molecule has 3 unspecified atom stereocenters. The molecular weight excluding hydrogens is 514 g/mol. The smallest absolute Gasteiger partial charge is 0.408 e. The molecular formula is C27H39NO11. The second-order valence-electron chi connectivity index (χ2n) is 11.2. The van der Waals surface area contributed by atoms with Crippen molar-refractivity contribution in [2.24, 2.45) is 0 Å². The highest BCUT2D eigenvalue weighted by atomic mass is 16.8. The fraction of sp³-hybridized carbons (Fsp3) is 0.667. The van der Waals surface area contributed by atoms with Crippen molar-refractivity contribution >= 4 is 18.0 Å². The molecule has 1 aromatic carbocycles. The van der Waals surface area contributed by atoms with Crippen LogP contribution in [0, 0.1) is 0 Å². The largest absolute Gasteiger partial charge is 0.497 e. The van der Waals surface area contributed by atoms with Crippen LogP contribution >= 0.6 is 0 Å². The molecule has 2 saturated heterocycles. The number of amides is 1. The van der Waals surface area contributed by atoms with E-state index >= 15 is 0 Å². The Kier molecular flexibility index (Phi) is 9.81. The predicted molar refractivity (Wildman–Crippen MR) is 136 cm³/mol. The Hall–Kier alpha value is -2.93. The van der Waals surface area contributed by atoms with Crippen molar-refractivity contribution in [1.82, 2.24) is 5.32 Å². The number of esters is 2. The van der Waals surface area contributed by atoms with Crippen molar-refractivity contribution in [3.05, 3.63) is 29.8 Å². The summed E-state index contributed by atoms with van der Waals surface area (Å²) in [4.78, 5) is 37.8. The minimum atomic E-state index is -1.32. The molecule has 12 heteroatoms. The molecule has 1 amide bonds. The first-order valence-corrected chi connectivity index (χ1v) is 12.7. The summed E-state index contributed by atoms with van der Waals surface area (Å²) in [7, 11) is 3.06. The lowest BCUT2D eigenvalue weighted by Gasteiger charge is -2.26. The van der Waals surface area contributed by atoms with E-state index in [2.05, 4.69) is 5.32 Å². The van der Waals surface area contributed by atoms with E-state index in [1.807, 2.05) is 12.1 Å². The van der Waals surface area contributed by atoms with Gasteiger partial charge in [-0.05, 0) is 53.7 Å². The summed E-state index contributed by atoms with van der Waals surface area (Å²) in [5.41, 5.74) is -0.856. The maximum atomic E-state index is 12.7. The molecule has 2 heterocycles. The van der Waals surface area contributed by atoms with E-state index in [9.17, 15) is 14.4 Å². The van der Waals surface area contributed by atoms with Gasteiger partial charge < -0.3 is 43.2 Å². The summed E-state index contributed by atoms with van der Waals surface area (Å²) in [5.74, 6) is -0.851. The number of nitrogens with one attached hydrogen (secondary N) is 1. The second kappa shape index (κ2) is 12.5. The number of ether oxygens (including phenoxy) is 8. The summed E-state index contributed by atoms with van der Waals surface area (Å²) in [5, 5.41) is 2.40. The summed E-state index contributed by atoms with van der Waals surface area (Å²) in [6.07, 6.45) is -4.55. The number of benzene rings is 1. The first-order valence-electron chi connectivity index (χ1n) is 12.7. The number of carbonyl (C=O) groups excluding carboxylic acids is 3. The van der Waals surface area contributed by atoms with Gasteiger partial charge in [0.15, 0.2) is 12.6 Å². The van der Waals surface area contributed by atoms with Gasteiger partial charge in [0.25, 0.3) is 0 Å². The van der Waals surface area contributed by atoms with Gasteiger partial charge in [0, 0.05) is 12.7 Å². The monoisotopic (exact) mass is 553 g/mol. The van der Waals surface area contributed by atoms with E-state index in [0.717, 1.165) is 5.56 Å². The maximum absolute atomic E-state index is 12.7. The molecule has 2 aliphatic heterocycles. The number of methoxy groups -OCH3 is 2. The lowest BCUT2D eigenvalue weighted by atomic mass is 10.1. The Morgan fingerprint density at radius 1 is 0.897 bits per heavy atom. The zero-order chi connectivity index (χ0) is 29.0. The SMILES string of the molecule is COc1ccc(C2O[C@@H]3[C@@H](COC(=O)CC(NC(=O)OC(C)(C)C)C(=O)OC(C)(C)C)OC(OC)[C@@H]3O2)cc1. The first-order chi connectivity index (χ1) is 18.2. The molecule has 218 valence electrons. The molecule has 39 heavy (non-hydrogen) atoms. The average Bonchev–Trinajstić information content (AvgIpc) is 3.40. The molecule has 2 aliphatic rings. The highest BCUT2D eigenvalue weighted by Gasteiger charge is 2.53. The number of hydrogen-bond donors (Lipinski definition) is 1. The van der Waals surface area contributed by atoms with Gasteiger partial charge in [-0.3, -0.25) is 4.79 Å². The number of carbonyl (C=O) groups is 3. The summed E-state index contributed by atoms with van der Waals surface area (Å²) in [6.45, 7) is 9.88. The van der Waals surface area contributed by atoms with Gasteiger partial charge in [-0.15, -0.1) is 0 Å². The van der Waals surface area contributed by atoms with E-state index in [0.29, 0.717) is 5.75 Å². The molecule has 0 saturated carbocycles. The van der Waals surface area contributed by atoms with Crippen LogP contribution in [0.4, 0.5) is 4.79 Å². The first kappa shape index (κ1) is 30.6. The Bertz CT molecular complexity index is 998. The molecule has 0 aliphatic carbocycles. The quantitative estimate of drug-likeness (QED) is 0.357. The van der Waals surface area contributed by atoms with Crippen LogP contribution < -0.4 is 10.1 Å². The molecule has 3 rings (SSSR count). The van der Waals surface area contributed by atoms with Gasteiger partial charge in [-0.1, -0.05) is 12.1 Å². The highest BCUT2D eigenvalue weighted by Crippen LogP contribution is 2.40. The van der Waals surface area contributed by atoms with Crippen LogP contribution in [0.1, 0.15) is 59.8 Å². The molecule has 2 fully saturated rings. The van der Waals surface area contributed by atoms with Crippen molar-refractivity contribution in [3.8, 4) is 5.75 Å². The Morgan fingerprint density at radius 3 is 2.08 bits per heavy atom. The molecule has 0 radical (unpaired) electrons. The van der Waals surface area contributed by atoms with Gasteiger partial charge in [-0.25, -0.2) is 9.59 Å². The number of hydrogen-bond acceptors (Lipinski definition) is 11. The van der Waals surface area contributed by atoms with Crippen molar-refractivity contribution < 1.29 is 52.3 Å². The van der Waals surface area contributed by atoms with Crippen molar-refractivity contribution in [1.29, 1.82) is 0 Å². The Morgan fingerprint density at radius 2 is 1.51 bits per heavy atom. The van der Waals surface area contributed by atoms with Crippen LogP contribution in [-0.4, -0.2) is 80.7 Å². The molecule has 1 N–H and O–H groups in total. The van der Waals surface area contributed by atoms with Crippen LogP contribution in [0.5, 0.6) is 5.75 Å². The lowest BCUT2D eigenvalue weighted by Crippen LogP contribution is -2.47. The molecule has 0 bridgehead atoms. The summed E-state index contributed by atoms with van der Waals surface area (Å²) < 4.78 is 44.6. The third-order valence-corrected chi connectivity index (χ3v) is 5.61. The van der Waals surface area contributed by atoms with Gasteiger partial charge >= 0.3 is 18.0 Å². The van der Waals surface area contributed by atoms with E-state index < -0.39 is 72.6 Å². The van der Waals surface area contributed by atoms with E-state index in [-0.39, 0.29) is 6.61 Å². The standard InChI is InChI=1S/C27H39NO11/c1-26(2,3)38-22(30)17(28-25(31)39-27(4,5)6)13-19(29)34-14-18-20-21(24(33-8)35-18)37-23(36-20)15-9-11-16(32-7)12-10-15/h9-12,17-18,20-21,23-24H,13-14H2,1-8H3,(H,28,31)/t17?,18-,20-,21-,23?,24?/m1/s1. The topological polar surface area (TPSA) is 137 Å². The van der Waals surface area contributed by atoms with Crippen molar-refractivity contribution in [2.45, 2.75) is 96.1 Å². The van der Waals surface area contributed by atoms with Gasteiger partial charge in [-0.2, -0.15) is 0 Å². The maximum Gasteiger partial charge on any atom is 0.408 e. The molecule has 0 aromatic heterocycles. The highest BCUT2D eigenvalue weighted by molar-refractivity contribution is 5.86. The Labute approximate surface area is 228 Å². The normalized spacial score (nSPS) is 25.4. The molecule has 0 spiro atoms. The third-order valence-electron chi connectivity index (χ3n) is 5.61. The zero-order valence-electron chi connectivity index (χ0n) is 23.7. The van der Waals surface area contributed by atoms with Gasteiger partial charge in [0.05, 0.1) is 13.5 Å². The van der Waals surface area contributed by atoms with E-state index in [4.69, 9.17) is 37.9 Å². The summed E-state index contributed by atoms with van der Waals surface area (Å²) >= 11 is 0. The van der Waals surface area contributed by atoms with Crippen LogP contribution in [-0.2, 0) is 42.7 Å². The van der Waals surface area contributed by atoms with Crippen LogP contribution in [0.3, 0.4) is 0 Å². The number of rotatable bonds is 9. The second-order valence-corrected chi connectivity index (χ2v) is 11.2. The van der Waals surface area contributed by atoms with E-state index in [1.165, 1.54) is 7.11 Å². The van der Waals surface area contributed by atoms with Crippen LogP contribution in [0.2, 0.25) is 0 Å². The number of alkyl carbamates (subject to hydrolysis) is 1. The molecule has 1 aromatic rings. The predicted octanol–water partition coefficient (Wildman–Crippen LogP) is 3.02. The zero-order valence-corrected chi connectivity index (χ0v) is 23.7. The van der Waals surface area contributed by atoms with Crippen molar-refractivity contribution in [3.63, 3.8) is 0 Å². The number of fused-ring (bicyclic) bond motifs is 1. The summed E-state index contributed by atoms with van der Waals surface area (Å²) in [6, 6.07) is 5.94. The van der Waals surface area contributed by atoms with Gasteiger partial charge in [0.2, 0.25) is 0 Å². The lowest BCUT2D eigenvalue weighted by molar-refractivity contribution is -0.204. The molecule has 6 atom stereocenters. The minimum Gasteiger partial charge on any atom is -0.497 e. The fourth-order valence-electron chi connectivity index (χ4n) is 3.98. The third kappa shape index (κ3) is 8.79. The van der Waals surface area contributed by atoms with E-state index in [1.54, 1.807) is 60.8 Å². The minimum absolute atomic E-state index is 0.188. The van der Waals surface area contributed by atoms with Gasteiger partial charge in [0.1, 0.15) is 47.9 Å². The Balaban J connectivity index is 1.61. The average molecular weight is 554 g/mol. The molecule has 12 nitrogen and oxygen atoms in total. The van der Waals surface area contributed by atoms with Crippen molar-refractivity contribution in [2.75, 3.05) is 20.8 Å². The van der Waals surface area contributed by atoms with Crippen LogP contribution in [0.25, 0.3) is 0 Å².